The van der Waals surface area contributed by atoms with Crippen LogP contribution in [0, 0.1) is 0 Å². The van der Waals surface area contributed by atoms with Gasteiger partial charge >= 0.3 is 18.2 Å². The number of hydroxylamine groups is 1. The molecule has 0 saturated carbocycles. The summed E-state index contributed by atoms with van der Waals surface area (Å²) in [4.78, 5) is 52.1. The zero-order chi connectivity index (χ0) is 28.4. The van der Waals surface area contributed by atoms with Gasteiger partial charge in [-0.05, 0) is 62.3 Å². The fourth-order valence-corrected chi connectivity index (χ4v) is 4.25. The van der Waals surface area contributed by atoms with Crippen LogP contribution in [0.2, 0.25) is 0 Å². The summed E-state index contributed by atoms with van der Waals surface area (Å²) in [5.74, 6) is -1.76. The molecule has 4 N–H and O–H groups in total. The number of alkyl carbamates (subject to hydrolysis) is 1. The smallest absolute Gasteiger partial charge is 0.431 e. The molecule has 0 bridgehead atoms. The maximum atomic E-state index is 12.4. The molecule has 1 atom stereocenters. The van der Waals surface area contributed by atoms with Crippen molar-refractivity contribution in [2.75, 3.05) is 19.8 Å². The Hall–Kier alpha value is -4.12. The predicted octanol–water partition coefficient (Wildman–Crippen LogP) is 3.72. The molecule has 0 heterocycles. The highest BCUT2D eigenvalue weighted by molar-refractivity contribution is 5.81. The average molecular weight is 542 g/mol. The molecule has 0 fully saturated rings. The van der Waals surface area contributed by atoms with E-state index in [-0.39, 0.29) is 25.5 Å². The van der Waals surface area contributed by atoms with E-state index < -0.39 is 42.3 Å². The van der Waals surface area contributed by atoms with E-state index >= 15 is 0 Å². The molecular weight excluding hydrogens is 506 g/mol. The summed E-state index contributed by atoms with van der Waals surface area (Å²) in [7, 11) is 0. The lowest BCUT2D eigenvalue weighted by Crippen LogP contribution is -2.41. The molecule has 11 heteroatoms. The average Bonchev–Trinajstić information content (AvgIpc) is 3.19. The molecule has 0 aliphatic heterocycles. The highest BCUT2D eigenvalue weighted by Crippen LogP contribution is 2.44. The van der Waals surface area contributed by atoms with E-state index in [1.807, 2.05) is 54.0 Å². The fraction of sp³-hybridized carbons (Fsp3) is 0.429. The molecule has 2 aromatic carbocycles. The third-order valence-corrected chi connectivity index (χ3v) is 5.93. The monoisotopic (exact) mass is 541 g/mol. The maximum Gasteiger partial charge on any atom is 0.431 e. The molecule has 0 aromatic heterocycles. The summed E-state index contributed by atoms with van der Waals surface area (Å²) in [5, 5.41) is 14.5. The van der Waals surface area contributed by atoms with Crippen LogP contribution in [0.15, 0.2) is 48.5 Å². The third-order valence-electron chi connectivity index (χ3n) is 5.93. The minimum Gasteiger partial charge on any atom is -0.480 e. The molecule has 0 spiro atoms. The molecule has 0 saturated heterocycles. The van der Waals surface area contributed by atoms with E-state index in [9.17, 15) is 24.3 Å². The van der Waals surface area contributed by atoms with Crippen LogP contribution < -0.4 is 16.1 Å². The van der Waals surface area contributed by atoms with Gasteiger partial charge in [-0.25, -0.2) is 14.4 Å². The molecule has 2 aromatic rings. The third kappa shape index (κ3) is 8.99. The van der Waals surface area contributed by atoms with Crippen LogP contribution in [0.4, 0.5) is 9.59 Å². The van der Waals surface area contributed by atoms with Gasteiger partial charge in [0, 0.05) is 12.5 Å². The Kier molecular flexibility index (Phi) is 10.3. The highest BCUT2D eigenvalue weighted by Gasteiger charge is 2.29. The van der Waals surface area contributed by atoms with Gasteiger partial charge < -0.3 is 25.2 Å². The van der Waals surface area contributed by atoms with Crippen LogP contribution in [0.25, 0.3) is 11.1 Å². The van der Waals surface area contributed by atoms with Gasteiger partial charge in [-0.15, -0.1) is 0 Å². The van der Waals surface area contributed by atoms with E-state index in [4.69, 9.17) is 14.3 Å². The molecule has 39 heavy (non-hydrogen) atoms. The summed E-state index contributed by atoms with van der Waals surface area (Å²) >= 11 is 0. The first-order valence-corrected chi connectivity index (χ1v) is 12.8. The number of unbranched alkanes of at least 4 members (excludes halogenated alkanes) is 1. The zero-order valence-electron chi connectivity index (χ0n) is 22.3. The normalized spacial score (nSPS) is 13.0. The Balaban J connectivity index is 1.35. The quantitative estimate of drug-likeness (QED) is 0.234. The number of benzene rings is 2. The van der Waals surface area contributed by atoms with Crippen molar-refractivity contribution < 1.29 is 38.6 Å². The summed E-state index contributed by atoms with van der Waals surface area (Å²) in [5.41, 5.74) is 5.65. The Bertz CT molecular complexity index is 1130. The van der Waals surface area contributed by atoms with Crippen molar-refractivity contribution in [3.63, 3.8) is 0 Å². The number of rotatable bonds is 12. The number of fused-ring (bicyclic) bond motifs is 3. The van der Waals surface area contributed by atoms with E-state index in [1.54, 1.807) is 20.8 Å². The number of carboxylic acids is 1. The molecule has 3 amide bonds. The Morgan fingerprint density at radius 2 is 1.54 bits per heavy atom. The number of aliphatic carboxylic acids is 1. The van der Waals surface area contributed by atoms with Crippen molar-refractivity contribution in [2.24, 2.45) is 0 Å². The van der Waals surface area contributed by atoms with E-state index in [1.165, 1.54) is 0 Å². The molecule has 3 rings (SSSR count). The van der Waals surface area contributed by atoms with Crippen LogP contribution in [-0.4, -0.2) is 60.6 Å². The van der Waals surface area contributed by atoms with Crippen LogP contribution >= 0.6 is 0 Å². The first-order valence-electron chi connectivity index (χ1n) is 12.8. The van der Waals surface area contributed by atoms with Gasteiger partial charge in [0.25, 0.3) is 0 Å². The lowest BCUT2D eigenvalue weighted by Gasteiger charge is -2.19. The van der Waals surface area contributed by atoms with Crippen molar-refractivity contribution in [1.82, 2.24) is 16.1 Å². The SMILES string of the molecule is CC(C)(C)OC(=O)NOCC(=O)NCCCC[C@H](NC(=O)OCC1c2ccccc2-c2ccccc21)C(=O)O. The van der Waals surface area contributed by atoms with Gasteiger partial charge in [0.05, 0.1) is 0 Å². The van der Waals surface area contributed by atoms with Gasteiger partial charge in [-0.1, -0.05) is 48.5 Å². The Morgan fingerprint density at radius 1 is 0.923 bits per heavy atom. The van der Waals surface area contributed by atoms with Crippen molar-refractivity contribution in [3.8, 4) is 11.1 Å². The number of carbonyl (C=O) groups is 4. The number of carboxylic acid groups (broad SMARTS) is 1. The second-order valence-corrected chi connectivity index (χ2v) is 10.1. The first-order chi connectivity index (χ1) is 18.5. The number of nitrogens with one attached hydrogen (secondary N) is 3. The second kappa shape index (κ2) is 13.6. The Morgan fingerprint density at radius 3 is 2.13 bits per heavy atom. The molecule has 0 unspecified atom stereocenters. The summed E-state index contributed by atoms with van der Waals surface area (Å²) in [6.07, 6.45) is -0.545. The summed E-state index contributed by atoms with van der Waals surface area (Å²) in [6.45, 7) is 5.04. The fourth-order valence-electron chi connectivity index (χ4n) is 4.25. The zero-order valence-corrected chi connectivity index (χ0v) is 22.3. The lowest BCUT2D eigenvalue weighted by atomic mass is 9.98. The van der Waals surface area contributed by atoms with Gasteiger partial charge in [0.1, 0.15) is 18.2 Å². The van der Waals surface area contributed by atoms with Gasteiger partial charge in [0.15, 0.2) is 6.61 Å². The molecular formula is C28H35N3O8. The van der Waals surface area contributed by atoms with E-state index in [0.29, 0.717) is 12.8 Å². The van der Waals surface area contributed by atoms with Crippen molar-refractivity contribution >= 4 is 24.1 Å². The number of ether oxygens (including phenoxy) is 2. The number of amides is 3. The maximum absolute atomic E-state index is 12.4. The standard InChI is InChI=1S/C28H35N3O8/c1-28(2,3)39-27(36)31-38-17-24(32)29-15-9-8-14-23(25(33)34)30-26(35)37-16-22-20-12-6-4-10-18(20)19-11-5-7-13-21(19)22/h4-7,10-13,22-23H,8-9,14-17H2,1-3H3,(H,29,32)(H,30,35)(H,31,36)(H,33,34)/t23-/m0/s1. The summed E-state index contributed by atoms with van der Waals surface area (Å²) in [6, 6.07) is 14.8. The van der Waals surface area contributed by atoms with Crippen LogP contribution in [0.1, 0.15) is 57.1 Å². The largest absolute Gasteiger partial charge is 0.480 e. The van der Waals surface area contributed by atoms with Gasteiger partial charge in [-0.2, -0.15) is 5.48 Å². The van der Waals surface area contributed by atoms with E-state index in [0.717, 1.165) is 22.3 Å². The van der Waals surface area contributed by atoms with Crippen LogP contribution in [0.3, 0.4) is 0 Å². The Labute approximate surface area is 227 Å². The summed E-state index contributed by atoms with van der Waals surface area (Å²) < 4.78 is 10.4. The van der Waals surface area contributed by atoms with Crippen LogP contribution in [0.5, 0.6) is 0 Å². The van der Waals surface area contributed by atoms with Crippen LogP contribution in [-0.2, 0) is 23.9 Å². The molecule has 210 valence electrons. The van der Waals surface area contributed by atoms with Gasteiger partial charge in [0.2, 0.25) is 5.91 Å². The predicted molar refractivity (Wildman–Crippen MR) is 142 cm³/mol. The lowest BCUT2D eigenvalue weighted by molar-refractivity contribution is -0.139. The molecule has 0 radical (unpaired) electrons. The molecule has 11 nitrogen and oxygen atoms in total. The van der Waals surface area contributed by atoms with Gasteiger partial charge in [-0.3, -0.25) is 9.63 Å². The molecule has 1 aliphatic rings. The highest BCUT2D eigenvalue weighted by atomic mass is 16.7. The number of hydrogen-bond donors (Lipinski definition) is 4. The minimum absolute atomic E-state index is 0.0864. The van der Waals surface area contributed by atoms with E-state index in [2.05, 4.69) is 10.6 Å². The van der Waals surface area contributed by atoms with Crippen molar-refractivity contribution in [1.29, 1.82) is 0 Å². The minimum atomic E-state index is -1.17. The second-order valence-electron chi connectivity index (χ2n) is 10.1. The first kappa shape index (κ1) is 29.4. The topological polar surface area (TPSA) is 152 Å². The molecule has 1 aliphatic carbocycles. The van der Waals surface area contributed by atoms with Crippen molar-refractivity contribution in [3.05, 3.63) is 59.7 Å². The van der Waals surface area contributed by atoms with Crippen molar-refractivity contribution in [2.45, 2.75) is 57.6 Å². The number of hydrogen-bond acceptors (Lipinski definition) is 7. The number of carbonyl (C=O) groups excluding carboxylic acids is 3.